The molecule has 148 valence electrons. The van der Waals surface area contributed by atoms with Crippen LogP contribution in [0.4, 0.5) is 0 Å². The number of carbonyl (C=O) groups excluding carboxylic acids is 1. The van der Waals surface area contributed by atoms with E-state index in [0.29, 0.717) is 29.9 Å². The number of benzene rings is 1. The van der Waals surface area contributed by atoms with Gasteiger partial charge in [0.05, 0.1) is 11.9 Å². The largest absolute Gasteiger partial charge is 0.444 e. The summed E-state index contributed by atoms with van der Waals surface area (Å²) in [6.45, 7) is 2.30. The molecule has 3 aromatic heterocycles. The Morgan fingerprint density at radius 1 is 1.24 bits per heavy atom. The molecule has 0 spiro atoms. The Labute approximate surface area is 166 Å². The van der Waals surface area contributed by atoms with Crippen molar-refractivity contribution in [1.29, 1.82) is 0 Å². The van der Waals surface area contributed by atoms with Crippen LogP contribution in [-0.2, 0) is 24.8 Å². The first-order chi connectivity index (χ1) is 14.0. The van der Waals surface area contributed by atoms with Crippen molar-refractivity contribution >= 4 is 16.9 Å². The van der Waals surface area contributed by atoms with Crippen molar-refractivity contribution < 1.29 is 9.21 Å². The van der Waals surface area contributed by atoms with E-state index in [2.05, 4.69) is 20.4 Å². The second-order valence-corrected chi connectivity index (χ2v) is 6.79. The number of hydrogen-bond acceptors (Lipinski definition) is 6. The van der Waals surface area contributed by atoms with Gasteiger partial charge >= 0.3 is 0 Å². The number of hydrogen-bond donors (Lipinski definition) is 1. The number of amides is 1. The van der Waals surface area contributed by atoms with Crippen LogP contribution in [0.15, 0.2) is 52.3 Å². The topological polar surface area (TPSA) is 108 Å². The number of nitrogens with one attached hydrogen (secondary N) is 1. The van der Waals surface area contributed by atoms with E-state index in [-0.39, 0.29) is 18.0 Å². The van der Waals surface area contributed by atoms with Crippen LogP contribution in [-0.4, -0.2) is 36.8 Å². The summed E-state index contributed by atoms with van der Waals surface area (Å²) in [7, 11) is 1.71. The lowest BCUT2D eigenvalue weighted by Crippen LogP contribution is -2.33. The van der Waals surface area contributed by atoms with Gasteiger partial charge in [-0.25, -0.2) is 9.97 Å². The Balaban J connectivity index is 1.33. The molecular weight excluding hydrogens is 372 g/mol. The summed E-state index contributed by atoms with van der Waals surface area (Å²) in [4.78, 5) is 33.2. The summed E-state index contributed by atoms with van der Waals surface area (Å²) in [6, 6.07) is 7.91. The minimum Gasteiger partial charge on any atom is -0.444 e. The van der Waals surface area contributed by atoms with Crippen LogP contribution in [0.25, 0.3) is 22.5 Å². The van der Waals surface area contributed by atoms with Crippen LogP contribution in [0.5, 0.6) is 0 Å². The van der Waals surface area contributed by atoms with Crippen molar-refractivity contribution in [1.82, 2.24) is 29.6 Å². The molecule has 0 bridgehead atoms. The van der Waals surface area contributed by atoms with Crippen molar-refractivity contribution in [3.63, 3.8) is 0 Å². The lowest BCUT2D eigenvalue weighted by atomic mass is 10.1. The second-order valence-electron chi connectivity index (χ2n) is 6.79. The lowest BCUT2D eigenvalue weighted by molar-refractivity contribution is -0.121. The molecule has 9 nitrogen and oxygen atoms in total. The Morgan fingerprint density at radius 3 is 2.83 bits per heavy atom. The zero-order chi connectivity index (χ0) is 20.4. The molecule has 29 heavy (non-hydrogen) atoms. The number of aromatic nitrogens is 5. The van der Waals surface area contributed by atoms with Crippen LogP contribution in [0.2, 0.25) is 0 Å². The number of carbonyl (C=O) groups is 1. The molecular formula is C20H20N6O3. The van der Waals surface area contributed by atoms with Crippen molar-refractivity contribution in [2.24, 2.45) is 7.05 Å². The standard InChI is InChI=1S/C20H20N6O3/c1-13-3-5-14(6-4-13)19-24-15(11-29-19)7-8-21-17(27)10-26-12-22-18-16(20(26)28)9-23-25(18)2/h3-6,9,11-12H,7-8,10H2,1-2H3,(H,21,27). The molecule has 0 aliphatic rings. The summed E-state index contributed by atoms with van der Waals surface area (Å²) in [5.41, 5.74) is 3.01. The third kappa shape index (κ3) is 3.93. The van der Waals surface area contributed by atoms with Crippen LogP contribution in [0, 0.1) is 6.92 Å². The molecule has 0 atom stereocenters. The summed E-state index contributed by atoms with van der Waals surface area (Å²) in [6.07, 6.45) is 4.93. The number of rotatable bonds is 6. The number of oxazole rings is 1. The van der Waals surface area contributed by atoms with Gasteiger partial charge in [0.1, 0.15) is 24.5 Å². The molecule has 3 heterocycles. The van der Waals surface area contributed by atoms with Gasteiger partial charge in [-0.05, 0) is 19.1 Å². The Hall–Kier alpha value is -3.75. The molecule has 0 radical (unpaired) electrons. The molecule has 9 heteroatoms. The molecule has 0 saturated carbocycles. The first-order valence-electron chi connectivity index (χ1n) is 9.16. The molecule has 0 fully saturated rings. The summed E-state index contributed by atoms with van der Waals surface area (Å²) >= 11 is 0. The van der Waals surface area contributed by atoms with E-state index in [0.717, 1.165) is 11.3 Å². The monoisotopic (exact) mass is 392 g/mol. The maximum absolute atomic E-state index is 12.4. The van der Waals surface area contributed by atoms with Crippen LogP contribution in [0.3, 0.4) is 0 Å². The highest BCUT2D eigenvalue weighted by atomic mass is 16.3. The highest BCUT2D eigenvalue weighted by Gasteiger charge is 2.11. The maximum Gasteiger partial charge on any atom is 0.264 e. The molecule has 1 N–H and O–H groups in total. The van der Waals surface area contributed by atoms with Crippen LogP contribution in [0.1, 0.15) is 11.3 Å². The SMILES string of the molecule is Cc1ccc(-c2nc(CCNC(=O)Cn3cnc4c(cnn4C)c3=O)co2)cc1. The molecule has 4 aromatic rings. The molecule has 1 aromatic carbocycles. The van der Waals surface area contributed by atoms with Crippen LogP contribution >= 0.6 is 0 Å². The van der Waals surface area contributed by atoms with E-state index in [4.69, 9.17) is 4.42 Å². The van der Waals surface area contributed by atoms with Crippen molar-refractivity contribution in [2.45, 2.75) is 19.9 Å². The Bertz CT molecular complexity index is 1220. The van der Waals surface area contributed by atoms with E-state index in [1.807, 2.05) is 31.2 Å². The Kier molecular flexibility index (Phi) is 4.94. The van der Waals surface area contributed by atoms with Gasteiger partial charge < -0.3 is 9.73 Å². The van der Waals surface area contributed by atoms with E-state index in [9.17, 15) is 9.59 Å². The zero-order valence-electron chi connectivity index (χ0n) is 16.1. The predicted octanol–water partition coefficient (Wildman–Crippen LogP) is 1.45. The van der Waals surface area contributed by atoms with Gasteiger partial charge in [-0.15, -0.1) is 0 Å². The quantitative estimate of drug-likeness (QED) is 0.532. The van der Waals surface area contributed by atoms with Gasteiger partial charge in [-0.1, -0.05) is 17.7 Å². The summed E-state index contributed by atoms with van der Waals surface area (Å²) in [5.74, 6) is 0.271. The van der Waals surface area contributed by atoms with Crippen molar-refractivity contribution in [3.05, 3.63) is 64.7 Å². The molecule has 0 aliphatic heterocycles. The minimum atomic E-state index is -0.294. The number of nitrogens with zero attached hydrogens (tertiary/aromatic N) is 5. The zero-order valence-corrected chi connectivity index (χ0v) is 16.1. The molecule has 0 aliphatic carbocycles. The van der Waals surface area contributed by atoms with E-state index < -0.39 is 0 Å². The van der Waals surface area contributed by atoms with E-state index in [1.165, 1.54) is 27.3 Å². The fourth-order valence-electron chi connectivity index (χ4n) is 2.97. The fourth-order valence-corrected chi connectivity index (χ4v) is 2.97. The summed E-state index contributed by atoms with van der Waals surface area (Å²) < 4.78 is 8.30. The third-order valence-electron chi connectivity index (χ3n) is 4.59. The predicted molar refractivity (Wildman–Crippen MR) is 106 cm³/mol. The fraction of sp³-hybridized carbons (Fsp3) is 0.250. The van der Waals surface area contributed by atoms with Gasteiger partial charge in [-0.3, -0.25) is 18.8 Å². The smallest absolute Gasteiger partial charge is 0.264 e. The van der Waals surface area contributed by atoms with Gasteiger partial charge in [-0.2, -0.15) is 5.10 Å². The molecule has 0 saturated heterocycles. The van der Waals surface area contributed by atoms with Crippen LogP contribution < -0.4 is 10.9 Å². The summed E-state index contributed by atoms with van der Waals surface area (Å²) in [5, 5.41) is 7.18. The first kappa shape index (κ1) is 18.6. The number of fused-ring (bicyclic) bond motifs is 1. The average molecular weight is 392 g/mol. The van der Waals surface area contributed by atoms with Gasteiger partial charge in [0.25, 0.3) is 5.56 Å². The second kappa shape index (κ2) is 7.70. The molecule has 4 rings (SSSR count). The van der Waals surface area contributed by atoms with Crippen molar-refractivity contribution in [2.75, 3.05) is 6.54 Å². The minimum absolute atomic E-state index is 0.107. The van der Waals surface area contributed by atoms with Gasteiger partial charge in [0, 0.05) is 25.6 Å². The first-order valence-corrected chi connectivity index (χ1v) is 9.16. The highest BCUT2D eigenvalue weighted by Crippen LogP contribution is 2.19. The Morgan fingerprint density at radius 2 is 2.03 bits per heavy atom. The van der Waals surface area contributed by atoms with E-state index in [1.54, 1.807) is 13.3 Å². The average Bonchev–Trinajstić information content (AvgIpc) is 3.32. The normalized spacial score (nSPS) is 11.1. The third-order valence-corrected chi connectivity index (χ3v) is 4.59. The van der Waals surface area contributed by atoms with Crippen molar-refractivity contribution in [3.8, 4) is 11.5 Å². The molecule has 0 unspecified atom stereocenters. The highest BCUT2D eigenvalue weighted by molar-refractivity contribution is 5.77. The molecule has 1 amide bonds. The maximum atomic E-state index is 12.4. The number of aryl methyl sites for hydroxylation is 2. The van der Waals surface area contributed by atoms with Gasteiger partial charge in [0.15, 0.2) is 5.65 Å². The van der Waals surface area contributed by atoms with E-state index >= 15 is 0 Å². The van der Waals surface area contributed by atoms with Gasteiger partial charge in [0.2, 0.25) is 11.8 Å². The lowest BCUT2D eigenvalue weighted by Gasteiger charge is -2.06.